The number of rotatable bonds is 8. The fourth-order valence-corrected chi connectivity index (χ4v) is 5.33. The molecule has 0 radical (unpaired) electrons. The molecule has 0 saturated heterocycles. The fourth-order valence-electron chi connectivity index (χ4n) is 4.34. The average Bonchev–Trinajstić information content (AvgIpc) is 2.86. The van der Waals surface area contributed by atoms with Crippen LogP contribution in [0.15, 0.2) is 65.7 Å². The van der Waals surface area contributed by atoms with Crippen molar-refractivity contribution < 1.29 is 18.1 Å². The van der Waals surface area contributed by atoms with Gasteiger partial charge in [0.1, 0.15) is 22.4 Å². The molecule has 1 amide bonds. The third-order valence-corrected chi connectivity index (χ3v) is 7.50. The maximum absolute atomic E-state index is 13.6. The summed E-state index contributed by atoms with van der Waals surface area (Å²) in [4.78, 5) is 20.1. The molecule has 1 unspecified atom stereocenters. The fraction of sp³-hybridized carbons (Fsp3) is 0.357. The number of nitrogens with zero attached hydrogens (tertiary/aromatic N) is 2. The van der Waals surface area contributed by atoms with Crippen LogP contribution in [0, 0.1) is 5.82 Å². The summed E-state index contributed by atoms with van der Waals surface area (Å²) in [5.74, 6) is -0.124. The Kier molecular flexibility index (Phi) is 7.85. The first-order valence-electron chi connectivity index (χ1n) is 12.2. The molecule has 36 heavy (non-hydrogen) atoms. The van der Waals surface area contributed by atoms with Crippen molar-refractivity contribution in [3.63, 3.8) is 0 Å². The largest absolute Gasteiger partial charge is 0.471 e. The third kappa shape index (κ3) is 5.99. The maximum atomic E-state index is 13.6. The standard InChI is InChI=1S/C28H32FN3O3S/c1-5-19-10-12-23(13-11-19)36(34)31-25-16-28(3,4)35-26-24(25)15-21(17-30-26)27(33)32(6-2)18-20-8-7-9-22(29)14-20/h7-15,17,25,31H,5-6,16,18H2,1-4H3/t25-,36?/m0/s1. The Morgan fingerprint density at radius 1 is 1.17 bits per heavy atom. The monoisotopic (exact) mass is 509 g/mol. The minimum Gasteiger partial charge on any atom is -0.471 e. The zero-order valence-electron chi connectivity index (χ0n) is 21.1. The van der Waals surface area contributed by atoms with E-state index < -0.39 is 16.6 Å². The molecule has 1 aliphatic heterocycles. The highest BCUT2D eigenvalue weighted by Gasteiger charge is 2.36. The number of nitrogens with one attached hydrogen (secondary N) is 1. The van der Waals surface area contributed by atoms with Gasteiger partial charge in [0.15, 0.2) is 0 Å². The number of pyridine rings is 1. The van der Waals surface area contributed by atoms with Gasteiger partial charge in [-0.05, 0) is 68.7 Å². The van der Waals surface area contributed by atoms with Gasteiger partial charge < -0.3 is 9.64 Å². The lowest BCUT2D eigenvalue weighted by molar-refractivity contribution is 0.0639. The van der Waals surface area contributed by atoms with Crippen LogP contribution in [0.25, 0.3) is 0 Å². The molecule has 0 bridgehead atoms. The number of aryl methyl sites for hydroxylation is 1. The number of aromatic nitrogens is 1. The van der Waals surface area contributed by atoms with E-state index in [1.165, 1.54) is 23.9 Å². The van der Waals surface area contributed by atoms with Crippen molar-refractivity contribution in [3.05, 3.63) is 88.9 Å². The van der Waals surface area contributed by atoms with Crippen LogP contribution in [0.4, 0.5) is 4.39 Å². The molecule has 0 aliphatic carbocycles. The van der Waals surface area contributed by atoms with E-state index in [-0.39, 0.29) is 24.3 Å². The minimum absolute atomic E-state index is 0.211. The summed E-state index contributed by atoms with van der Waals surface area (Å²) in [5.41, 5.74) is 2.47. The predicted molar refractivity (Wildman–Crippen MR) is 138 cm³/mol. The second kappa shape index (κ2) is 10.9. The molecule has 0 saturated carbocycles. The molecule has 0 spiro atoms. The highest BCUT2D eigenvalue weighted by molar-refractivity contribution is 7.83. The smallest absolute Gasteiger partial charge is 0.255 e. The van der Waals surface area contributed by atoms with Crippen LogP contribution in [0.1, 0.15) is 67.2 Å². The molecule has 1 N–H and O–H groups in total. The highest BCUT2D eigenvalue weighted by atomic mass is 32.2. The van der Waals surface area contributed by atoms with Crippen molar-refractivity contribution in [1.82, 2.24) is 14.6 Å². The first kappa shape index (κ1) is 26.0. The van der Waals surface area contributed by atoms with Crippen LogP contribution in [0.3, 0.4) is 0 Å². The van der Waals surface area contributed by atoms with Gasteiger partial charge in [-0.3, -0.25) is 4.79 Å². The predicted octanol–water partition coefficient (Wildman–Crippen LogP) is 5.36. The molecule has 3 aromatic rings. The Balaban J connectivity index is 1.59. The molecule has 0 fully saturated rings. The van der Waals surface area contributed by atoms with Crippen molar-refractivity contribution in [2.75, 3.05) is 6.54 Å². The molecule has 1 aromatic heterocycles. The molecule has 190 valence electrons. The van der Waals surface area contributed by atoms with Crippen LogP contribution in [-0.2, 0) is 24.0 Å². The second-order valence-corrected chi connectivity index (χ2v) is 10.8. The van der Waals surface area contributed by atoms with Crippen LogP contribution < -0.4 is 9.46 Å². The minimum atomic E-state index is -1.45. The molecule has 2 atom stereocenters. The lowest BCUT2D eigenvalue weighted by atomic mass is 9.91. The molecule has 8 heteroatoms. The number of hydrogen-bond donors (Lipinski definition) is 1. The first-order chi connectivity index (χ1) is 17.2. The summed E-state index contributed by atoms with van der Waals surface area (Å²) < 4.78 is 36.1. The van der Waals surface area contributed by atoms with Crippen LogP contribution in [0.5, 0.6) is 5.88 Å². The van der Waals surface area contributed by atoms with Crippen LogP contribution in [-0.4, -0.2) is 32.1 Å². The van der Waals surface area contributed by atoms with Gasteiger partial charge in [0.05, 0.1) is 16.5 Å². The molecular formula is C28H32FN3O3S. The number of hydrogen-bond acceptors (Lipinski definition) is 4. The van der Waals surface area contributed by atoms with Gasteiger partial charge in [-0.2, -0.15) is 0 Å². The molecule has 2 aromatic carbocycles. The lowest BCUT2D eigenvalue weighted by Gasteiger charge is -2.37. The Morgan fingerprint density at radius 2 is 1.92 bits per heavy atom. The Bertz CT molecular complexity index is 1260. The summed E-state index contributed by atoms with van der Waals surface area (Å²) in [6.45, 7) is 8.62. The van der Waals surface area contributed by atoms with Crippen LogP contribution >= 0.6 is 0 Å². The van der Waals surface area contributed by atoms with E-state index in [0.717, 1.165) is 6.42 Å². The van der Waals surface area contributed by atoms with E-state index in [0.29, 0.717) is 40.4 Å². The SMILES string of the molecule is CCc1ccc(S(=O)N[C@H]2CC(C)(C)Oc3ncc(C(=O)N(CC)Cc4cccc(F)c4)cc32)cc1. The van der Waals surface area contributed by atoms with Gasteiger partial charge in [0.2, 0.25) is 5.88 Å². The second-order valence-electron chi connectivity index (χ2n) is 9.57. The van der Waals surface area contributed by atoms with Gasteiger partial charge >= 0.3 is 0 Å². The van der Waals surface area contributed by atoms with Gasteiger partial charge in [-0.15, -0.1) is 0 Å². The number of halogens is 1. The topological polar surface area (TPSA) is 71.5 Å². The Labute approximate surface area is 214 Å². The molecule has 2 heterocycles. The summed E-state index contributed by atoms with van der Waals surface area (Å²) in [6, 6.07) is 15.4. The first-order valence-corrected chi connectivity index (χ1v) is 13.3. The van der Waals surface area contributed by atoms with E-state index >= 15 is 0 Å². The lowest BCUT2D eigenvalue weighted by Crippen LogP contribution is -2.40. The summed E-state index contributed by atoms with van der Waals surface area (Å²) in [7, 11) is -1.45. The summed E-state index contributed by atoms with van der Waals surface area (Å²) in [5, 5.41) is 0. The maximum Gasteiger partial charge on any atom is 0.255 e. The number of carbonyl (C=O) groups is 1. The number of ether oxygens (including phenoxy) is 1. The number of benzene rings is 2. The van der Waals surface area contributed by atoms with Gasteiger partial charge in [-0.25, -0.2) is 18.3 Å². The van der Waals surface area contributed by atoms with Crippen molar-refractivity contribution in [2.45, 2.75) is 63.6 Å². The van der Waals surface area contributed by atoms with Gasteiger partial charge in [0.25, 0.3) is 5.91 Å². The Hall–Kier alpha value is -3.10. The van der Waals surface area contributed by atoms with Crippen molar-refractivity contribution in [3.8, 4) is 5.88 Å². The summed E-state index contributed by atoms with van der Waals surface area (Å²) in [6.07, 6.45) is 2.98. The highest BCUT2D eigenvalue weighted by Crippen LogP contribution is 2.39. The van der Waals surface area contributed by atoms with Crippen LogP contribution in [0.2, 0.25) is 0 Å². The molecule has 6 nitrogen and oxygen atoms in total. The molecular weight excluding hydrogens is 477 g/mol. The zero-order chi connectivity index (χ0) is 25.9. The third-order valence-electron chi connectivity index (χ3n) is 6.30. The van der Waals surface area contributed by atoms with Gasteiger partial charge in [0, 0.05) is 31.3 Å². The van der Waals surface area contributed by atoms with E-state index in [2.05, 4.69) is 16.6 Å². The number of amides is 1. The quantitative estimate of drug-likeness (QED) is 0.444. The van der Waals surface area contributed by atoms with Crippen molar-refractivity contribution in [2.24, 2.45) is 0 Å². The van der Waals surface area contributed by atoms with Crippen molar-refractivity contribution >= 4 is 16.9 Å². The number of carbonyl (C=O) groups excluding carboxylic acids is 1. The number of fused-ring (bicyclic) bond motifs is 1. The normalized spacial score (nSPS) is 17.1. The van der Waals surface area contributed by atoms with E-state index in [1.807, 2.05) is 45.0 Å². The van der Waals surface area contributed by atoms with E-state index in [9.17, 15) is 13.4 Å². The molecule has 1 aliphatic rings. The molecule has 4 rings (SSSR count). The van der Waals surface area contributed by atoms with Gasteiger partial charge in [-0.1, -0.05) is 31.2 Å². The zero-order valence-corrected chi connectivity index (χ0v) is 21.9. The average molecular weight is 510 g/mol. The summed E-state index contributed by atoms with van der Waals surface area (Å²) >= 11 is 0. The van der Waals surface area contributed by atoms with E-state index in [4.69, 9.17) is 4.74 Å². The van der Waals surface area contributed by atoms with Crippen molar-refractivity contribution in [1.29, 1.82) is 0 Å². The van der Waals surface area contributed by atoms with E-state index in [1.54, 1.807) is 23.1 Å². The Morgan fingerprint density at radius 3 is 2.58 bits per heavy atom.